The van der Waals surface area contributed by atoms with Gasteiger partial charge in [-0.15, -0.1) is 0 Å². The summed E-state index contributed by atoms with van der Waals surface area (Å²) in [5, 5.41) is 2.87. The number of nitrogens with one attached hydrogen (secondary N) is 1. The van der Waals surface area contributed by atoms with Gasteiger partial charge in [-0.1, -0.05) is 37.6 Å². The number of oxazole rings is 1. The highest BCUT2D eigenvalue weighted by molar-refractivity contribution is 5.57. The van der Waals surface area contributed by atoms with Crippen molar-refractivity contribution < 1.29 is 4.42 Å². The Labute approximate surface area is 95.5 Å². The fourth-order valence-electron chi connectivity index (χ4n) is 1.65. The first kappa shape index (κ1) is 10.7. The topological polar surface area (TPSA) is 38.1 Å². The molecule has 1 aromatic heterocycles. The molecule has 0 fully saturated rings. The monoisotopic (exact) mass is 216 g/mol. The van der Waals surface area contributed by atoms with Crippen LogP contribution in [0, 0.1) is 0 Å². The van der Waals surface area contributed by atoms with E-state index in [9.17, 15) is 0 Å². The molecule has 0 aliphatic heterocycles. The van der Waals surface area contributed by atoms with Gasteiger partial charge in [-0.05, 0) is 12.0 Å². The van der Waals surface area contributed by atoms with Gasteiger partial charge in [0.2, 0.25) is 0 Å². The van der Waals surface area contributed by atoms with Crippen LogP contribution >= 0.6 is 0 Å². The van der Waals surface area contributed by atoms with Crippen LogP contribution in [0.2, 0.25) is 0 Å². The van der Waals surface area contributed by atoms with Crippen LogP contribution in [0.25, 0.3) is 11.3 Å². The largest absolute Gasteiger partial charge is 0.424 e. The molecule has 1 heterocycles. The average molecular weight is 216 g/mol. The van der Waals surface area contributed by atoms with Crippen LogP contribution in [0.1, 0.15) is 18.9 Å². The third-order valence-electron chi connectivity index (χ3n) is 2.50. The van der Waals surface area contributed by atoms with Crippen molar-refractivity contribution in [1.82, 2.24) is 4.98 Å². The van der Waals surface area contributed by atoms with E-state index in [1.54, 1.807) is 13.2 Å². The van der Waals surface area contributed by atoms with Crippen molar-refractivity contribution >= 4 is 6.01 Å². The standard InChI is InChI=1S/C13H16N2O/c1-3-4-10-5-7-11(8-6-10)12-9-15-13(14-2)16-12/h5-9H,3-4H2,1-2H3,(H,14,15). The molecule has 0 saturated heterocycles. The van der Waals surface area contributed by atoms with E-state index in [-0.39, 0.29) is 0 Å². The predicted molar refractivity (Wildman–Crippen MR) is 65.5 cm³/mol. The van der Waals surface area contributed by atoms with E-state index in [1.807, 2.05) is 0 Å². The van der Waals surface area contributed by atoms with Crippen molar-refractivity contribution in [1.29, 1.82) is 0 Å². The van der Waals surface area contributed by atoms with Gasteiger partial charge < -0.3 is 9.73 Å². The predicted octanol–water partition coefficient (Wildman–Crippen LogP) is 3.34. The van der Waals surface area contributed by atoms with E-state index >= 15 is 0 Å². The summed E-state index contributed by atoms with van der Waals surface area (Å²) in [6.07, 6.45) is 4.03. The van der Waals surface area contributed by atoms with Gasteiger partial charge in [-0.3, -0.25) is 0 Å². The quantitative estimate of drug-likeness (QED) is 0.851. The number of nitrogens with zero attached hydrogens (tertiary/aromatic N) is 1. The Morgan fingerprint density at radius 1 is 1.25 bits per heavy atom. The summed E-state index contributed by atoms with van der Waals surface area (Å²) in [5.74, 6) is 0.799. The second kappa shape index (κ2) is 4.84. The Balaban J connectivity index is 2.20. The van der Waals surface area contributed by atoms with Gasteiger partial charge in [-0.25, -0.2) is 4.98 Å². The van der Waals surface area contributed by atoms with E-state index < -0.39 is 0 Å². The Bertz CT molecular complexity index is 445. The molecule has 3 heteroatoms. The summed E-state index contributed by atoms with van der Waals surface area (Å²) in [4.78, 5) is 4.09. The lowest BCUT2D eigenvalue weighted by Gasteiger charge is -2.00. The SMILES string of the molecule is CCCc1ccc(-c2cnc(NC)o2)cc1. The van der Waals surface area contributed by atoms with Crippen molar-refractivity contribution in [2.45, 2.75) is 19.8 Å². The number of aryl methyl sites for hydroxylation is 1. The highest BCUT2D eigenvalue weighted by Crippen LogP contribution is 2.22. The van der Waals surface area contributed by atoms with Crippen LogP contribution in [0.15, 0.2) is 34.9 Å². The lowest BCUT2D eigenvalue weighted by atomic mass is 10.1. The lowest BCUT2D eigenvalue weighted by Crippen LogP contribution is -1.85. The Hall–Kier alpha value is -1.77. The van der Waals surface area contributed by atoms with E-state index in [1.165, 1.54) is 12.0 Å². The number of anilines is 1. The Morgan fingerprint density at radius 3 is 2.56 bits per heavy atom. The van der Waals surface area contributed by atoms with E-state index in [0.29, 0.717) is 6.01 Å². The zero-order valence-corrected chi connectivity index (χ0v) is 9.66. The number of rotatable bonds is 4. The molecule has 16 heavy (non-hydrogen) atoms. The Kier molecular flexibility index (Phi) is 3.25. The summed E-state index contributed by atoms with van der Waals surface area (Å²) in [7, 11) is 1.79. The van der Waals surface area contributed by atoms with Crippen molar-refractivity contribution in [3.63, 3.8) is 0 Å². The third kappa shape index (κ3) is 2.24. The maximum absolute atomic E-state index is 5.50. The normalized spacial score (nSPS) is 10.4. The molecular weight excluding hydrogens is 200 g/mol. The zero-order chi connectivity index (χ0) is 11.4. The van der Waals surface area contributed by atoms with Gasteiger partial charge >= 0.3 is 0 Å². The molecule has 0 atom stereocenters. The van der Waals surface area contributed by atoms with Gasteiger partial charge in [0.05, 0.1) is 6.20 Å². The molecule has 0 amide bonds. The van der Waals surface area contributed by atoms with Crippen LogP contribution in [0.5, 0.6) is 0 Å². The van der Waals surface area contributed by atoms with Crippen molar-refractivity contribution in [3.8, 4) is 11.3 Å². The number of hydrogen-bond acceptors (Lipinski definition) is 3. The first-order valence-corrected chi connectivity index (χ1v) is 5.56. The smallest absolute Gasteiger partial charge is 0.294 e. The van der Waals surface area contributed by atoms with Gasteiger partial charge in [-0.2, -0.15) is 0 Å². The molecule has 1 N–H and O–H groups in total. The highest BCUT2D eigenvalue weighted by Gasteiger charge is 2.04. The van der Waals surface area contributed by atoms with Crippen LogP contribution < -0.4 is 5.32 Å². The molecule has 0 bridgehead atoms. The summed E-state index contributed by atoms with van der Waals surface area (Å²) in [5.41, 5.74) is 2.42. The highest BCUT2D eigenvalue weighted by atomic mass is 16.4. The van der Waals surface area contributed by atoms with Gasteiger partial charge in [0.25, 0.3) is 6.01 Å². The minimum absolute atomic E-state index is 0.549. The number of hydrogen-bond donors (Lipinski definition) is 1. The average Bonchev–Trinajstić information content (AvgIpc) is 2.79. The van der Waals surface area contributed by atoms with Crippen LogP contribution in [-0.4, -0.2) is 12.0 Å². The summed E-state index contributed by atoms with van der Waals surface area (Å²) in [6, 6.07) is 8.98. The third-order valence-corrected chi connectivity index (χ3v) is 2.50. The molecule has 0 unspecified atom stereocenters. The molecule has 0 radical (unpaired) electrons. The van der Waals surface area contributed by atoms with Crippen LogP contribution in [0.4, 0.5) is 6.01 Å². The van der Waals surface area contributed by atoms with Crippen molar-refractivity contribution in [2.24, 2.45) is 0 Å². The second-order valence-corrected chi connectivity index (χ2v) is 3.73. The molecule has 0 aliphatic rings. The minimum Gasteiger partial charge on any atom is -0.424 e. The maximum atomic E-state index is 5.50. The number of aromatic nitrogens is 1. The van der Waals surface area contributed by atoms with E-state index in [2.05, 4.69) is 41.5 Å². The molecule has 2 aromatic rings. The van der Waals surface area contributed by atoms with Crippen molar-refractivity contribution in [2.75, 3.05) is 12.4 Å². The van der Waals surface area contributed by atoms with Crippen molar-refractivity contribution in [3.05, 3.63) is 36.0 Å². The molecule has 84 valence electrons. The fourth-order valence-corrected chi connectivity index (χ4v) is 1.65. The minimum atomic E-state index is 0.549. The molecule has 1 aromatic carbocycles. The summed E-state index contributed by atoms with van der Waals surface area (Å²) >= 11 is 0. The summed E-state index contributed by atoms with van der Waals surface area (Å²) in [6.45, 7) is 2.18. The second-order valence-electron chi connectivity index (χ2n) is 3.73. The van der Waals surface area contributed by atoms with E-state index in [4.69, 9.17) is 4.42 Å². The number of benzene rings is 1. The molecule has 3 nitrogen and oxygen atoms in total. The summed E-state index contributed by atoms with van der Waals surface area (Å²) < 4.78 is 5.50. The van der Waals surface area contributed by atoms with Gasteiger partial charge in [0.1, 0.15) is 0 Å². The van der Waals surface area contributed by atoms with Crippen LogP contribution in [-0.2, 0) is 6.42 Å². The Morgan fingerprint density at radius 2 is 2.00 bits per heavy atom. The molecule has 0 saturated carbocycles. The van der Waals surface area contributed by atoms with Gasteiger partial charge in [0.15, 0.2) is 5.76 Å². The van der Waals surface area contributed by atoms with Gasteiger partial charge in [0, 0.05) is 12.6 Å². The molecule has 2 rings (SSSR count). The fraction of sp³-hybridized carbons (Fsp3) is 0.308. The van der Waals surface area contributed by atoms with Crippen LogP contribution in [0.3, 0.4) is 0 Å². The molecule has 0 aliphatic carbocycles. The van der Waals surface area contributed by atoms with E-state index in [0.717, 1.165) is 17.7 Å². The maximum Gasteiger partial charge on any atom is 0.294 e. The lowest BCUT2D eigenvalue weighted by molar-refractivity contribution is 0.589. The molecule has 0 spiro atoms. The first-order valence-electron chi connectivity index (χ1n) is 5.56. The zero-order valence-electron chi connectivity index (χ0n) is 9.66. The molecular formula is C13H16N2O. The first-order chi connectivity index (χ1) is 7.83.